The standard InChI is InChI=1S/C15H20BrNO2/c1-15(2,3)19-14(18)17-9-11(10-17)8-12-6-4-5-7-13(12)16/h4-7,11H,8-10H2,1-3H3. The molecule has 1 aliphatic heterocycles. The molecule has 1 aromatic rings. The van der Waals surface area contributed by atoms with Gasteiger partial charge >= 0.3 is 6.09 Å². The van der Waals surface area contributed by atoms with Gasteiger partial charge in [-0.15, -0.1) is 0 Å². The molecule has 19 heavy (non-hydrogen) atoms. The molecule has 0 saturated carbocycles. The number of halogens is 1. The minimum Gasteiger partial charge on any atom is -0.444 e. The molecule has 104 valence electrons. The van der Waals surface area contributed by atoms with Crippen molar-refractivity contribution in [2.24, 2.45) is 5.92 Å². The van der Waals surface area contributed by atoms with Crippen LogP contribution in [-0.2, 0) is 11.2 Å². The summed E-state index contributed by atoms with van der Waals surface area (Å²) in [5.74, 6) is 0.534. The van der Waals surface area contributed by atoms with E-state index < -0.39 is 5.60 Å². The summed E-state index contributed by atoms with van der Waals surface area (Å²) in [6.07, 6.45) is 0.802. The second-order valence-electron chi connectivity index (χ2n) is 6.05. The van der Waals surface area contributed by atoms with Crippen molar-refractivity contribution in [3.8, 4) is 0 Å². The Morgan fingerprint density at radius 3 is 2.58 bits per heavy atom. The first-order chi connectivity index (χ1) is 8.85. The summed E-state index contributed by atoms with van der Waals surface area (Å²) in [5.41, 5.74) is 0.890. The van der Waals surface area contributed by atoms with Crippen molar-refractivity contribution in [2.75, 3.05) is 13.1 Å². The molecule has 0 aromatic heterocycles. The van der Waals surface area contributed by atoms with Gasteiger partial charge in [0.05, 0.1) is 0 Å². The van der Waals surface area contributed by atoms with Crippen molar-refractivity contribution >= 4 is 22.0 Å². The molecule has 0 N–H and O–H groups in total. The van der Waals surface area contributed by atoms with Gasteiger partial charge in [0.25, 0.3) is 0 Å². The summed E-state index contributed by atoms with van der Waals surface area (Å²) in [5, 5.41) is 0. The van der Waals surface area contributed by atoms with Crippen molar-refractivity contribution in [3.63, 3.8) is 0 Å². The number of hydrogen-bond donors (Lipinski definition) is 0. The first kappa shape index (κ1) is 14.4. The Labute approximate surface area is 123 Å². The first-order valence-corrected chi connectivity index (χ1v) is 7.36. The molecule has 1 heterocycles. The van der Waals surface area contributed by atoms with Gasteiger partial charge in [-0.3, -0.25) is 0 Å². The maximum Gasteiger partial charge on any atom is 0.410 e. The highest BCUT2D eigenvalue weighted by atomic mass is 79.9. The molecule has 1 aromatic carbocycles. The topological polar surface area (TPSA) is 29.5 Å². The largest absolute Gasteiger partial charge is 0.444 e. The highest BCUT2D eigenvalue weighted by Gasteiger charge is 2.33. The highest BCUT2D eigenvalue weighted by Crippen LogP contribution is 2.26. The van der Waals surface area contributed by atoms with Gasteiger partial charge in [0.1, 0.15) is 5.60 Å². The van der Waals surface area contributed by atoms with Crippen LogP contribution in [0.4, 0.5) is 4.79 Å². The van der Waals surface area contributed by atoms with Crippen LogP contribution in [-0.4, -0.2) is 29.7 Å². The van der Waals surface area contributed by atoms with Gasteiger partial charge in [0, 0.05) is 17.6 Å². The van der Waals surface area contributed by atoms with Gasteiger partial charge in [-0.05, 0) is 44.7 Å². The van der Waals surface area contributed by atoms with Crippen LogP contribution in [0.1, 0.15) is 26.3 Å². The molecule has 1 fully saturated rings. The molecule has 0 radical (unpaired) electrons. The van der Waals surface area contributed by atoms with E-state index in [-0.39, 0.29) is 6.09 Å². The van der Waals surface area contributed by atoms with E-state index in [1.165, 1.54) is 5.56 Å². The van der Waals surface area contributed by atoms with Crippen molar-refractivity contribution in [2.45, 2.75) is 32.8 Å². The van der Waals surface area contributed by atoms with Gasteiger partial charge in [-0.1, -0.05) is 34.1 Å². The first-order valence-electron chi connectivity index (χ1n) is 6.56. The van der Waals surface area contributed by atoms with E-state index in [1.807, 2.05) is 32.9 Å². The van der Waals surface area contributed by atoms with E-state index >= 15 is 0 Å². The Bertz CT molecular complexity index is 461. The molecule has 4 heteroatoms. The van der Waals surface area contributed by atoms with Gasteiger partial charge in [0.2, 0.25) is 0 Å². The SMILES string of the molecule is CC(C)(C)OC(=O)N1CC(Cc2ccccc2Br)C1. The second kappa shape index (κ2) is 5.53. The third-order valence-electron chi connectivity index (χ3n) is 3.08. The van der Waals surface area contributed by atoms with Gasteiger partial charge < -0.3 is 9.64 Å². The number of ether oxygens (including phenoxy) is 1. The number of benzene rings is 1. The number of amides is 1. The lowest BCUT2D eigenvalue weighted by molar-refractivity contribution is -0.000896. The fraction of sp³-hybridized carbons (Fsp3) is 0.533. The summed E-state index contributed by atoms with van der Waals surface area (Å²) >= 11 is 3.56. The molecular weight excluding hydrogens is 306 g/mol. The van der Waals surface area contributed by atoms with E-state index in [2.05, 4.69) is 28.1 Å². The van der Waals surface area contributed by atoms with Crippen LogP contribution in [0.25, 0.3) is 0 Å². The number of carbonyl (C=O) groups excluding carboxylic acids is 1. The molecule has 3 nitrogen and oxygen atoms in total. The molecule has 1 saturated heterocycles. The summed E-state index contributed by atoms with van der Waals surface area (Å²) in [6.45, 7) is 7.25. The Morgan fingerprint density at radius 1 is 1.37 bits per heavy atom. The quantitative estimate of drug-likeness (QED) is 0.826. The number of rotatable bonds is 2. The van der Waals surface area contributed by atoms with Gasteiger partial charge in [-0.25, -0.2) is 4.79 Å². The van der Waals surface area contributed by atoms with Crippen LogP contribution in [0.5, 0.6) is 0 Å². The zero-order valence-corrected chi connectivity index (χ0v) is 13.2. The molecular formula is C15H20BrNO2. The predicted octanol–water partition coefficient (Wildman–Crippen LogP) is 3.86. The average molecular weight is 326 g/mol. The summed E-state index contributed by atoms with van der Waals surface area (Å²) in [4.78, 5) is 13.6. The van der Waals surface area contributed by atoms with E-state index in [0.29, 0.717) is 5.92 Å². The summed E-state index contributed by atoms with van der Waals surface area (Å²) < 4.78 is 6.49. The molecule has 0 atom stereocenters. The van der Waals surface area contributed by atoms with E-state index in [0.717, 1.165) is 24.0 Å². The normalized spacial score (nSPS) is 16.1. The van der Waals surface area contributed by atoms with Gasteiger partial charge in [0.15, 0.2) is 0 Å². The van der Waals surface area contributed by atoms with Crippen molar-refractivity contribution in [1.29, 1.82) is 0 Å². The molecule has 1 aliphatic rings. The van der Waals surface area contributed by atoms with Crippen molar-refractivity contribution in [3.05, 3.63) is 34.3 Å². The maximum absolute atomic E-state index is 11.8. The minimum absolute atomic E-state index is 0.198. The fourth-order valence-electron chi connectivity index (χ4n) is 2.15. The predicted molar refractivity (Wildman–Crippen MR) is 79.1 cm³/mol. The van der Waals surface area contributed by atoms with Crippen molar-refractivity contribution in [1.82, 2.24) is 4.90 Å². The lowest BCUT2D eigenvalue weighted by Crippen LogP contribution is -2.52. The van der Waals surface area contributed by atoms with E-state index in [1.54, 1.807) is 4.90 Å². The summed E-state index contributed by atoms with van der Waals surface area (Å²) in [6, 6.07) is 8.24. The van der Waals surface area contributed by atoms with Gasteiger partial charge in [-0.2, -0.15) is 0 Å². The Kier molecular flexibility index (Phi) is 4.19. The number of carbonyl (C=O) groups is 1. The molecule has 1 amide bonds. The average Bonchev–Trinajstić information content (AvgIpc) is 2.22. The minimum atomic E-state index is -0.412. The fourth-order valence-corrected chi connectivity index (χ4v) is 2.60. The number of nitrogens with zero attached hydrogens (tertiary/aromatic N) is 1. The van der Waals surface area contributed by atoms with Crippen LogP contribution in [0.15, 0.2) is 28.7 Å². The monoisotopic (exact) mass is 325 g/mol. The van der Waals surface area contributed by atoms with E-state index in [9.17, 15) is 4.79 Å². The van der Waals surface area contributed by atoms with Crippen molar-refractivity contribution < 1.29 is 9.53 Å². The van der Waals surface area contributed by atoms with Crippen LogP contribution < -0.4 is 0 Å². The van der Waals surface area contributed by atoms with Crippen LogP contribution in [0.3, 0.4) is 0 Å². The molecule has 0 bridgehead atoms. The Hall–Kier alpha value is -1.03. The zero-order chi connectivity index (χ0) is 14.0. The van der Waals surface area contributed by atoms with Crippen LogP contribution in [0.2, 0.25) is 0 Å². The van der Waals surface area contributed by atoms with Crippen LogP contribution >= 0.6 is 15.9 Å². The van der Waals surface area contributed by atoms with Crippen LogP contribution in [0, 0.1) is 5.92 Å². The molecule has 0 spiro atoms. The lowest BCUT2D eigenvalue weighted by Gasteiger charge is -2.40. The zero-order valence-electron chi connectivity index (χ0n) is 11.6. The smallest absolute Gasteiger partial charge is 0.410 e. The second-order valence-corrected chi connectivity index (χ2v) is 6.90. The Morgan fingerprint density at radius 2 is 2.00 bits per heavy atom. The maximum atomic E-state index is 11.8. The third kappa shape index (κ3) is 3.96. The summed E-state index contributed by atoms with van der Waals surface area (Å²) in [7, 11) is 0. The molecule has 2 rings (SSSR count). The molecule has 0 unspecified atom stereocenters. The highest BCUT2D eigenvalue weighted by molar-refractivity contribution is 9.10. The molecule has 0 aliphatic carbocycles. The Balaban J connectivity index is 1.81. The van der Waals surface area contributed by atoms with E-state index in [4.69, 9.17) is 4.74 Å². The number of likely N-dealkylation sites (tertiary alicyclic amines) is 1. The number of hydrogen-bond acceptors (Lipinski definition) is 2. The lowest BCUT2D eigenvalue weighted by atomic mass is 9.92. The third-order valence-corrected chi connectivity index (χ3v) is 3.85.